The number of aryl methyl sites for hydroxylation is 1. The molecule has 160 valence electrons. The van der Waals surface area contributed by atoms with Crippen molar-refractivity contribution in [1.29, 1.82) is 0 Å². The van der Waals surface area contributed by atoms with Crippen LogP contribution in [-0.4, -0.2) is 46.0 Å². The zero-order valence-electron chi connectivity index (χ0n) is 16.4. The van der Waals surface area contributed by atoms with Crippen molar-refractivity contribution in [1.82, 2.24) is 9.29 Å². The summed E-state index contributed by atoms with van der Waals surface area (Å²) >= 11 is 1.60. The van der Waals surface area contributed by atoms with Gasteiger partial charge in [-0.25, -0.2) is 9.29 Å². The topological polar surface area (TPSA) is 56.7 Å². The van der Waals surface area contributed by atoms with Gasteiger partial charge in [0.25, 0.3) is 0 Å². The molecule has 0 amide bonds. The van der Waals surface area contributed by atoms with E-state index in [1.165, 1.54) is 6.07 Å². The van der Waals surface area contributed by atoms with E-state index in [2.05, 4.69) is 9.29 Å². The lowest BCUT2D eigenvalue weighted by Crippen LogP contribution is -2.50. The molecule has 1 aromatic heterocycles. The second-order valence-corrected chi connectivity index (χ2v) is 8.89. The summed E-state index contributed by atoms with van der Waals surface area (Å²) < 4.78 is 40.5. The van der Waals surface area contributed by atoms with E-state index in [1.54, 1.807) is 11.9 Å². The highest BCUT2D eigenvalue weighted by atomic mass is 32.2. The van der Waals surface area contributed by atoms with Crippen LogP contribution >= 0.6 is 11.9 Å². The van der Waals surface area contributed by atoms with Gasteiger partial charge in [0.05, 0.1) is 11.5 Å². The summed E-state index contributed by atoms with van der Waals surface area (Å²) in [6.45, 7) is 4.11. The van der Waals surface area contributed by atoms with Crippen LogP contribution in [0.15, 0.2) is 41.4 Å². The van der Waals surface area contributed by atoms with Crippen molar-refractivity contribution in [2.45, 2.75) is 42.8 Å². The van der Waals surface area contributed by atoms with Gasteiger partial charge in [-0.15, -0.1) is 0 Å². The van der Waals surface area contributed by atoms with Gasteiger partial charge in [-0.3, -0.25) is 4.79 Å². The van der Waals surface area contributed by atoms with Gasteiger partial charge in [0.2, 0.25) is 0 Å². The maximum Gasteiger partial charge on any atom is 0.417 e. The summed E-state index contributed by atoms with van der Waals surface area (Å²) in [6.07, 6.45) is -2.06. The van der Waals surface area contributed by atoms with Crippen molar-refractivity contribution in [3.8, 4) is 0 Å². The number of nitrogens with zero attached hydrogens (tertiary/aromatic N) is 3. The molecule has 2 atom stereocenters. The number of piperazine rings is 1. The Bertz CT molecular complexity index is 936. The average molecular weight is 437 g/mol. The van der Waals surface area contributed by atoms with Crippen LogP contribution in [-0.2, 0) is 17.4 Å². The number of alkyl halides is 3. The van der Waals surface area contributed by atoms with E-state index in [-0.39, 0.29) is 6.04 Å². The minimum Gasteiger partial charge on any atom is -0.481 e. The zero-order chi connectivity index (χ0) is 21.5. The monoisotopic (exact) mass is 437 g/mol. The molecule has 1 aliphatic heterocycles. The molecule has 9 heteroatoms. The third-order valence-corrected chi connectivity index (χ3v) is 6.74. The number of halogens is 3. The Hall–Kier alpha value is -2.26. The predicted octanol–water partition coefficient (Wildman–Crippen LogP) is 4.43. The Balaban J connectivity index is 1.41. The molecule has 0 radical (unpaired) electrons. The molecule has 2 heterocycles. The van der Waals surface area contributed by atoms with Gasteiger partial charge < -0.3 is 10.0 Å². The molecule has 1 fully saturated rings. The zero-order valence-corrected chi connectivity index (χ0v) is 17.2. The fourth-order valence-electron chi connectivity index (χ4n) is 4.11. The molecule has 1 saturated heterocycles. The van der Waals surface area contributed by atoms with E-state index in [0.29, 0.717) is 25.3 Å². The molecule has 2 aromatic rings. The van der Waals surface area contributed by atoms with Gasteiger partial charge in [0, 0.05) is 36.8 Å². The first-order valence-corrected chi connectivity index (χ1v) is 10.6. The van der Waals surface area contributed by atoms with Gasteiger partial charge in [0.15, 0.2) is 0 Å². The number of benzene rings is 1. The first-order valence-electron chi connectivity index (χ1n) is 9.81. The van der Waals surface area contributed by atoms with E-state index in [9.17, 15) is 23.1 Å². The largest absolute Gasteiger partial charge is 0.481 e. The van der Waals surface area contributed by atoms with Crippen molar-refractivity contribution < 1.29 is 23.1 Å². The van der Waals surface area contributed by atoms with Gasteiger partial charge in [-0.05, 0) is 67.1 Å². The number of pyridine rings is 1. The van der Waals surface area contributed by atoms with Gasteiger partial charge in [-0.2, -0.15) is 13.2 Å². The normalized spacial score (nSPS) is 22.2. The van der Waals surface area contributed by atoms with Crippen LogP contribution in [0.4, 0.5) is 19.0 Å². The molecule has 1 aromatic carbocycles. The van der Waals surface area contributed by atoms with E-state index in [0.717, 1.165) is 41.3 Å². The van der Waals surface area contributed by atoms with E-state index in [4.69, 9.17) is 0 Å². The summed E-state index contributed by atoms with van der Waals surface area (Å²) in [5.41, 5.74) is 1.27. The van der Waals surface area contributed by atoms with Gasteiger partial charge in [-0.1, -0.05) is 6.07 Å². The van der Waals surface area contributed by atoms with Crippen LogP contribution < -0.4 is 4.90 Å². The summed E-state index contributed by atoms with van der Waals surface area (Å²) in [7, 11) is 0. The van der Waals surface area contributed by atoms with Gasteiger partial charge in [0.1, 0.15) is 5.82 Å². The van der Waals surface area contributed by atoms with Crippen LogP contribution in [0.1, 0.15) is 36.0 Å². The molecule has 0 spiro atoms. The fraction of sp³-hybridized carbons (Fsp3) is 0.429. The van der Waals surface area contributed by atoms with E-state index >= 15 is 0 Å². The molecule has 4 rings (SSSR count). The lowest BCUT2D eigenvalue weighted by atomic mass is 10.0. The molecule has 30 heavy (non-hydrogen) atoms. The Morgan fingerprint density at radius 3 is 2.67 bits per heavy atom. The summed E-state index contributed by atoms with van der Waals surface area (Å²) in [4.78, 5) is 18.5. The van der Waals surface area contributed by atoms with Crippen molar-refractivity contribution in [3.05, 3.63) is 53.2 Å². The number of hydrogen-bond donors (Lipinski definition) is 1. The first kappa shape index (κ1) is 21.0. The minimum absolute atomic E-state index is 0.0803. The summed E-state index contributed by atoms with van der Waals surface area (Å²) in [5, 5.41) is 9.42. The molecule has 1 unspecified atom stereocenters. The molecule has 5 nitrogen and oxygen atoms in total. The highest BCUT2D eigenvalue weighted by molar-refractivity contribution is 7.97. The quantitative estimate of drug-likeness (QED) is 0.714. The number of fused-ring (bicyclic) bond motifs is 1. The molecular weight excluding hydrogens is 415 g/mol. The first-order chi connectivity index (χ1) is 14.2. The number of carboxylic acid groups (broad SMARTS) is 1. The van der Waals surface area contributed by atoms with Crippen LogP contribution in [0.3, 0.4) is 0 Å². The van der Waals surface area contributed by atoms with Crippen LogP contribution in [0.25, 0.3) is 0 Å². The number of carboxylic acids is 1. The van der Waals surface area contributed by atoms with Crippen LogP contribution in [0.5, 0.6) is 0 Å². The molecule has 0 saturated carbocycles. The van der Waals surface area contributed by atoms with Gasteiger partial charge >= 0.3 is 12.1 Å². The molecule has 1 aliphatic carbocycles. The Morgan fingerprint density at radius 2 is 2.03 bits per heavy atom. The summed E-state index contributed by atoms with van der Waals surface area (Å²) in [5.74, 6) is -0.661. The molecule has 1 N–H and O–H groups in total. The standard InChI is InChI=1S/C21H22F3N3O2S/c1-13-12-26(8-9-27(13)19-7-4-15(11-25-19)21(22,23)24)30-16-5-2-14-3-6-17(20(28)29)18(14)10-16/h2,4-5,7,10-11,13,17H,3,6,8-9,12H2,1H3,(H,28,29)/t13-,17?/m1/s1. The van der Waals surface area contributed by atoms with E-state index in [1.807, 2.05) is 30.0 Å². The highest BCUT2D eigenvalue weighted by Crippen LogP contribution is 2.37. The Labute approximate surface area is 177 Å². The number of carbonyl (C=O) groups is 1. The number of aromatic nitrogens is 1. The number of hydrogen-bond acceptors (Lipinski definition) is 5. The number of aliphatic carboxylic acids is 1. The lowest BCUT2D eigenvalue weighted by Gasteiger charge is -2.40. The average Bonchev–Trinajstić information content (AvgIpc) is 3.11. The van der Waals surface area contributed by atoms with E-state index < -0.39 is 23.6 Å². The fourth-order valence-corrected chi connectivity index (χ4v) is 5.18. The number of rotatable bonds is 4. The summed E-state index contributed by atoms with van der Waals surface area (Å²) in [6, 6.07) is 8.61. The second kappa shape index (κ2) is 8.11. The number of anilines is 1. The van der Waals surface area contributed by atoms with Crippen molar-refractivity contribution in [2.24, 2.45) is 0 Å². The van der Waals surface area contributed by atoms with Crippen molar-refractivity contribution in [2.75, 3.05) is 24.5 Å². The molecule has 0 bridgehead atoms. The Morgan fingerprint density at radius 1 is 1.23 bits per heavy atom. The third kappa shape index (κ3) is 4.27. The van der Waals surface area contributed by atoms with Crippen LogP contribution in [0, 0.1) is 0 Å². The Kier molecular flexibility index (Phi) is 5.67. The minimum atomic E-state index is -4.39. The molecular formula is C21H22F3N3O2S. The highest BCUT2D eigenvalue weighted by Gasteiger charge is 2.32. The maximum atomic E-state index is 12.8. The predicted molar refractivity (Wildman–Crippen MR) is 109 cm³/mol. The van der Waals surface area contributed by atoms with Crippen LogP contribution in [0.2, 0.25) is 0 Å². The maximum absolute atomic E-state index is 12.8. The lowest BCUT2D eigenvalue weighted by molar-refractivity contribution is -0.139. The van der Waals surface area contributed by atoms with Crippen molar-refractivity contribution in [3.63, 3.8) is 0 Å². The molecule has 2 aliphatic rings. The van der Waals surface area contributed by atoms with Crippen molar-refractivity contribution >= 4 is 23.7 Å². The third-order valence-electron chi connectivity index (χ3n) is 5.69. The smallest absolute Gasteiger partial charge is 0.417 e. The SMILES string of the molecule is C[C@@H]1CN(Sc2ccc3c(c2)C(C(=O)O)CC3)CCN1c1ccc(C(F)(F)F)cn1. The second-order valence-electron chi connectivity index (χ2n) is 7.71.